The first-order valence-corrected chi connectivity index (χ1v) is 10.1. The third kappa shape index (κ3) is 4.52. The molecule has 3 aromatic carbocycles. The highest BCUT2D eigenvalue weighted by Gasteiger charge is 2.30. The maximum Gasteiger partial charge on any atom is 0.407 e. The van der Waals surface area contributed by atoms with E-state index in [1.54, 1.807) is 0 Å². The summed E-state index contributed by atoms with van der Waals surface area (Å²) in [7, 11) is 0. The maximum absolute atomic E-state index is 14.4. The van der Waals surface area contributed by atoms with Crippen molar-refractivity contribution in [3.8, 4) is 11.1 Å². The lowest BCUT2D eigenvalue weighted by Crippen LogP contribution is -2.32. The molecule has 0 fully saturated rings. The molecule has 4 rings (SSSR count). The molecule has 0 spiro atoms. The van der Waals surface area contributed by atoms with Gasteiger partial charge in [-0.1, -0.05) is 48.5 Å². The molecular weight excluding hydrogens is 431 g/mol. The number of hydrogen-bond acceptors (Lipinski definition) is 5. The molecule has 0 radical (unpaired) electrons. The molecule has 0 aromatic heterocycles. The average Bonchev–Trinajstić information content (AvgIpc) is 3.10. The number of carboxylic acids is 1. The molecule has 9 heteroatoms. The van der Waals surface area contributed by atoms with Gasteiger partial charge in [0.2, 0.25) is 0 Å². The van der Waals surface area contributed by atoms with Crippen LogP contribution in [0.4, 0.5) is 14.9 Å². The number of amides is 1. The number of ether oxygens (including phenoxy) is 1. The summed E-state index contributed by atoms with van der Waals surface area (Å²) < 4.78 is 19.8. The summed E-state index contributed by atoms with van der Waals surface area (Å²) >= 11 is 0. The molecule has 0 unspecified atom stereocenters. The molecule has 3 aromatic rings. The van der Waals surface area contributed by atoms with Gasteiger partial charge in [0.1, 0.15) is 12.4 Å². The number of non-ortho nitro benzene ring substituents is 1. The number of alkyl carbamates (subject to hydrolysis) is 1. The van der Waals surface area contributed by atoms with E-state index in [2.05, 4.69) is 5.32 Å². The van der Waals surface area contributed by atoms with Crippen LogP contribution in [0.15, 0.2) is 66.7 Å². The Hall–Kier alpha value is -4.27. The van der Waals surface area contributed by atoms with Crippen LogP contribution in [0.2, 0.25) is 0 Å². The van der Waals surface area contributed by atoms with E-state index in [4.69, 9.17) is 4.74 Å². The molecule has 1 amide bonds. The highest BCUT2D eigenvalue weighted by molar-refractivity contribution is 5.79. The number of nitrogens with one attached hydrogen (secondary N) is 1. The number of aliphatic carboxylic acids is 1. The van der Waals surface area contributed by atoms with E-state index in [1.165, 1.54) is 0 Å². The second kappa shape index (κ2) is 9.07. The number of benzene rings is 3. The van der Waals surface area contributed by atoms with Crippen LogP contribution < -0.4 is 5.32 Å². The first-order chi connectivity index (χ1) is 15.8. The van der Waals surface area contributed by atoms with Crippen molar-refractivity contribution in [2.45, 2.75) is 18.4 Å². The Kier molecular flexibility index (Phi) is 6.03. The van der Waals surface area contributed by atoms with Crippen molar-refractivity contribution in [1.82, 2.24) is 5.32 Å². The first-order valence-electron chi connectivity index (χ1n) is 10.1. The molecule has 0 bridgehead atoms. The minimum atomic E-state index is -1.28. The third-order valence-electron chi connectivity index (χ3n) is 5.58. The van der Waals surface area contributed by atoms with Crippen LogP contribution in [0.5, 0.6) is 0 Å². The van der Waals surface area contributed by atoms with Gasteiger partial charge in [-0.15, -0.1) is 0 Å². The number of carboxylic acid groups (broad SMARTS) is 1. The van der Waals surface area contributed by atoms with Crippen LogP contribution in [-0.4, -0.2) is 28.7 Å². The maximum atomic E-state index is 14.4. The SMILES string of the molecule is O=C(O)C[C@@H](NC(=O)OCC1c2ccccc2-c2ccccc21)c1ccc([N+](=O)[O-])cc1F. The Labute approximate surface area is 187 Å². The second-order valence-electron chi connectivity index (χ2n) is 7.58. The topological polar surface area (TPSA) is 119 Å². The van der Waals surface area contributed by atoms with Gasteiger partial charge in [0.05, 0.1) is 23.5 Å². The number of carbonyl (C=O) groups is 2. The van der Waals surface area contributed by atoms with E-state index in [0.29, 0.717) is 6.07 Å². The molecule has 8 nitrogen and oxygen atoms in total. The Bertz CT molecular complexity index is 1200. The Morgan fingerprint density at radius 2 is 1.67 bits per heavy atom. The van der Waals surface area contributed by atoms with Gasteiger partial charge in [0.15, 0.2) is 0 Å². The lowest BCUT2D eigenvalue weighted by Gasteiger charge is -2.19. The Balaban J connectivity index is 1.50. The van der Waals surface area contributed by atoms with Gasteiger partial charge >= 0.3 is 12.1 Å². The zero-order valence-electron chi connectivity index (χ0n) is 17.2. The summed E-state index contributed by atoms with van der Waals surface area (Å²) in [6.45, 7) is 0.00238. The van der Waals surface area contributed by atoms with E-state index in [9.17, 15) is 29.2 Å². The van der Waals surface area contributed by atoms with Crippen molar-refractivity contribution >= 4 is 17.7 Å². The minimum absolute atomic E-state index is 0.00238. The average molecular weight is 450 g/mol. The van der Waals surface area contributed by atoms with Crippen molar-refractivity contribution in [3.63, 3.8) is 0 Å². The smallest absolute Gasteiger partial charge is 0.407 e. The van der Waals surface area contributed by atoms with Gasteiger partial charge in [-0.2, -0.15) is 0 Å². The third-order valence-corrected chi connectivity index (χ3v) is 5.58. The number of hydrogen-bond donors (Lipinski definition) is 2. The molecule has 1 atom stereocenters. The minimum Gasteiger partial charge on any atom is -0.481 e. The molecule has 168 valence electrons. The van der Waals surface area contributed by atoms with Crippen LogP contribution >= 0.6 is 0 Å². The molecule has 0 saturated carbocycles. The molecule has 1 aliphatic carbocycles. The summed E-state index contributed by atoms with van der Waals surface area (Å²) in [5, 5.41) is 22.4. The van der Waals surface area contributed by atoms with Gasteiger partial charge in [0.25, 0.3) is 5.69 Å². The van der Waals surface area contributed by atoms with E-state index in [-0.39, 0.29) is 18.1 Å². The second-order valence-corrected chi connectivity index (χ2v) is 7.58. The number of fused-ring (bicyclic) bond motifs is 3. The van der Waals surface area contributed by atoms with Gasteiger partial charge in [-0.05, 0) is 28.3 Å². The fourth-order valence-electron chi connectivity index (χ4n) is 4.11. The number of nitrogens with zero attached hydrogens (tertiary/aromatic N) is 1. The largest absolute Gasteiger partial charge is 0.481 e. The normalized spacial score (nSPS) is 13.0. The van der Waals surface area contributed by atoms with Crippen molar-refractivity contribution in [3.05, 3.63) is 99.4 Å². The Morgan fingerprint density at radius 3 is 2.21 bits per heavy atom. The molecule has 33 heavy (non-hydrogen) atoms. The molecule has 0 saturated heterocycles. The van der Waals surface area contributed by atoms with Gasteiger partial charge < -0.3 is 15.2 Å². The molecule has 0 heterocycles. The quantitative estimate of drug-likeness (QED) is 0.395. The zero-order chi connectivity index (χ0) is 23.5. The molecule has 1 aliphatic rings. The van der Waals surface area contributed by atoms with Crippen molar-refractivity contribution in [2.75, 3.05) is 6.61 Å². The Morgan fingerprint density at radius 1 is 1.06 bits per heavy atom. The molecule has 2 N–H and O–H groups in total. The van der Waals surface area contributed by atoms with E-state index < -0.39 is 41.0 Å². The summed E-state index contributed by atoms with van der Waals surface area (Å²) in [5.41, 5.74) is 3.46. The monoisotopic (exact) mass is 450 g/mol. The van der Waals surface area contributed by atoms with E-state index in [1.807, 2.05) is 48.5 Å². The highest BCUT2D eigenvalue weighted by Crippen LogP contribution is 2.44. The number of halogens is 1. The van der Waals surface area contributed by atoms with Crippen LogP contribution in [0.1, 0.15) is 35.1 Å². The summed E-state index contributed by atoms with van der Waals surface area (Å²) in [6, 6.07) is 17.1. The zero-order valence-corrected chi connectivity index (χ0v) is 17.2. The lowest BCUT2D eigenvalue weighted by atomic mass is 9.98. The van der Waals surface area contributed by atoms with Crippen LogP contribution in [0, 0.1) is 15.9 Å². The van der Waals surface area contributed by atoms with Crippen LogP contribution in [-0.2, 0) is 9.53 Å². The predicted molar refractivity (Wildman–Crippen MR) is 116 cm³/mol. The van der Waals surface area contributed by atoms with Crippen LogP contribution in [0.25, 0.3) is 11.1 Å². The van der Waals surface area contributed by atoms with Crippen molar-refractivity contribution in [2.24, 2.45) is 0 Å². The fourth-order valence-corrected chi connectivity index (χ4v) is 4.11. The van der Waals surface area contributed by atoms with Crippen molar-refractivity contribution in [1.29, 1.82) is 0 Å². The van der Waals surface area contributed by atoms with Crippen LogP contribution in [0.3, 0.4) is 0 Å². The van der Waals surface area contributed by atoms with Crippen molar-refractivity contribution < 1.29 is 28.7 Å². The van der Waals surface area contributed by atoms with Gasteiger partial charge in [0, 0.05) is 17.5 Å². The van der Waals surface area contributed by atoms with Gasteiger partial charge in [-0.25, -0.2) is 9.18 Å². The highest BCUT2D eigenvalue weighted by atomic mass is 19.1. The number of nitro groups is 1. The number of carbonyl (C=O) groups excluding carboxylic acids is 1. The fraction of sp³-hybridized carbons (Fsp3) is 0.167. The van der Waals surface area contributed by atoms with E-state index >= 15 is 0 Å². The van der Waals surface area contributed by atoms with Gasteiger partial charge in [-0.3, -0.25) is 14.9 Å². The van der Waals surface area contributed by atoms with E-state index in [0.717, 1.165) is 34.4 Å². The summed E-state index contributed by atoms with van der Waals surface area (Å²) in [5.74, 6) is -2.47. The molecule has 0 aliphatic heterocycles. The number of nitro benzene ring substituents is 1. The standard InChI is InChI=1S/C24H19FN2O6/c25-21-11-14(27(31)32)9-10-19(21)22(12-23(28)29)26-24(30)33-13-20-17-7-3-1-5-15(17)16-6-2-4-8-18(16)20/h1-11,20,22H,12-13H2,(H,26,30)(H,28,29)/t22-/m1/s1. The predicted octanol–water partition coefficient (Wildman–Crippen LogP) is 4.79. The number of rotatable bonds is 7. The summed E-state index contributed by atoms with van der Waals surface area (Å²) in [6.07, 6.45) is -1.54. The lowest BCUT2D eigenvalue weighted by molar-refractivity contribution is -0.385. The molecular formula is C24H19FN2O6. The first kappa shape index (κ1) is 21.9. The summed E-state index contributed by atoms with van der Waals surface area (Å²) in [4.78, 5) is 33.9.